The van der Waals surface area contributed by atoms with Crippen LogP contribution in [0.15, 0.2) is 47.5 Å². The molecule has 1 aromatic carbocycles. The lowest BCUT2D eigenvalue weighted by Crippen LogP contribution is -2.44. The normalized spacial score (nSPS) is 21.0. The number of hydrogen-bond acceptors (Lipinski definition) is 2. The summed E-state index contributed by atoms with van der Waals surface area (Å²) in [5, 5.41) is 13.5. The number of benzene rings is 1. The molecule has 1 aliphatic rings. The van der Waals surface area contributed by atoms with Gasteiger partial charge in [-0.05, 0) is 29.3 Å². The molecule has 0 saturated heterocycles. The van der Waals surface area contributed by atoms with Gasteiger partial charge in [-0.1, -0.05) is 35.2 Å². The van der Waals surface area contributed by atoms with Crippen LogP contribution in [0.2, 0.25) is 0 Å². The van der Waals surface area contributed by atoms with Crippen LogP contribution in [0.4, 0.5) is 0 Å². The molecule has 0 aliphatic carbocycles. The van der Waals surface area contributed by atoms with Crippen molar-refractivity contribution in [2.75, 3.05) is 0 Å². The number of hydrogen-bond donors (Lipinski definition) is 3. The first-order valence-electron chi connectivity index (χ1n) is 6.61. The van der Waals surface area contributed by atoms with E-state index in [9.17, 15) is 9.90 Å². The summed E-state index contributed by atoms with van der Waals surface area (Å²) >= 11 is 3.47. The van der Waals surface area contributed by atoms with Gasteiger partial charge in [0.05, 0.1) is 6.04 Å². The maximum absolute atomic E-state index is 11.4. The van der Waals surface area contributed by atoms with Crippen molar-refractivity contribution in [1.29, 1.82) is 0 Å². The Hall–Kier alpha value is -1.85. The summed E-state index contributed by atoms with van der Waals surface area (Å²) in [6.07, 6.45) is 2.11. The quantitative estimate of drug-likeness (QED) is 0.747. The first-order valence-corrected chi connectivity index (χ1v) is 7.40. The fourth-order valence-corrected chi connectivity index (χ4v) is 3.18. The summed E-state index contributed by atoms with van der Waals surface area (Å²) in [5.41, 5.74) is 3.77. The van der Waals surface area contributed by atoms with Crippen LogP contribution in [0.3, 0.4) is 0 Å². The molecule has 2 heterocycles. The van der Waals surface area contributed by atoms with Crippen molar-refractivity contribution < 1.29 is 9.90 Å². The largest absolute Gasteiger partial charge is 0.480 e. The van der Waals surface area contributed by atoms with Crippen LogP contribution in [-0.2, 0) is 11.2 Å². The lowest BCUT2D eigenvalue weighted by Gasteiger charge is -2.29. The summed E-state index contributed by atoms with van der Waals surface area (Å²) in [6.45, 7) is 7.71. The number of carboxylic acids is 1. The number of fused-ring (bicyclic) bond motifs is 3. The Bertz CT molecular complexity index is 763. The van der Waals surface area contributed by atoms with E-state index in [0.717, 1.165) is 32.2 Å². The van der Waals surface area contributed by atoms with E-state index in [4.69, 9.17) is 0 Å². The van der Waals surface area contributed by atoms with E-state index in [1.807, 2.05) is 18.2 Å². The molecule has 0 radical (unpaired) electrons. The number of carbonyl (C=O) groups is 1. The van der Waals surface area contributed by atoms with Crippen molar-refractivity contribution in [1.82, 2.24) is 10.3 Å². The van der Waals surface area contributed by atoms with Crippen LogP contribution in [0.5, 0.6) is 0 Å². The first-order chi connectivity index (χ1) is 10.0. The number of rotatable bonds is 3. The smallest absolute Gasteiger partial charge is 0.321 e. The highest BCUT2D eigenvalue weighted by Gasteiger charge is 2.33. The molecule has 5 heteroatoms. The van der Waals surface area contributed by atoms with Crippen molar-refractivity contribution in [3.05, 3.63) is 58.7 Å². The molecule has 4 nitrogen and oxygen atoms in total. The van der Waals surface area contributed by atoms with Crippen molar-refractivity contribution in [3.63, 3.8) is 0 Å². The molecule has 1 aliphatic heterocycles. The van der Waals surface area contributed by atoms with E-state index in [-0.39, 0.29) is 6.04 Å². The van der Waals surface area contributed by atoms with E-state index < -0.39 is 12.0 Å². The number of nitrogens with one attached hydrogen (secondary N) is 2. The lowest BCUT2D eigenvalue weighted by molar-refractivity contribution is -0.139. The summed E-state index contributed by atoms with van der Waals surface area (Å²) in [6, 6.07) is 5.09. The molecule has 108 valence electrons. The Morgan fingerprint density at radius 3 is 2.90 bits per heavy atom. The maximum atomic E-state index is 11.4. The molecular formula is C16H15BrN2O2. The second-order valence-corrected chi connectivity index (χ2v) is 6.10. The topological polar surface area (TPSA) is 65.1 Å². The summed E-state index contributed by atoms with van der Waals surface area (Å²) in [5.74, 6) is -0.855. The Labute approximate surface area is 130 Å². The Morgan fingerprint density at radius 1 is 1.48 bits per heavy atom. The van der Waals surface area contributed by atoms with Gasteiger partial charge < -0.3 is 10.1 Å². The molecule has 21 heavy (non-hydrogen) atoms. The van der Waals surface area contributed by atoms with E-state index in [0.29, 0.717) is 6.42 Å². The molecule has 3 N–H and O–H groups in total. The Kier molecular flexibility index (Phi) is 3.47. The summed E-state index contributed by atoms with van der Waals surface area (Å²) < 4.78 is 0.973. The lowest BCUT2D eigenvalue weighted by atomic mass is 9.91. The molecule has 0 amide bonds. The number of carboxylic acid groups (broad SMARTS) is 1. The predicted molar refractivity (Wildman–Crippen MR) is 86.3 cm³/mol. The van der Waals surface area contributed by atoms with Gasteiger partial charge in [-0.3, -0.25) is 10.1 Å². The monoisotopic (exact) mass is 346 g/mol. The Balaban J connectivity index is 2.21. The SMILES string of the molecule is C=CC(=C)C1NC(C(=O)O)Cc2c1[nH]c1ccc(Br)cc21. The van der Waals surface area contributed by atoms with Gasteiger partial charge in [-0.15, -0.1) is 0 Å². The predicted octanol–water partition coefficient (Wildman–Crippen LogP) is 3.31. The third kappa shape index (κ3) is 2.32. The van der Waals surface area contributed by atoms with Gasteiger partial charge in [-0.2, -0.15) is 0 Å². The van der Waals surface area contributed by atoms with Crippen molar-refractivity contribution >= 4 is 32.8 Å². The van der Waals surface area contributed by atoms with Crippen LogP contribution in [0, 0.1) is 0 Å². The first kappa shape index (κ1) is 14.1. The van der Waals surface area contributed by atoms with Crippen molar-refractivity contribution in [2.24, 2.45) is 0 Å². The van der Waals surface area contributed by atoms with Crippen molar-refractivity contribution in [2.45, 2.75) is 18.5 Å². The van der Waals surface area contributed by atoms with Crippen LogP contribution >= 0.6 is 15.9 Å². The highest BCUT2D eigenvalue weighted by molar-refractivity contribution is 9.10. The van der Waals surface area contributed by atoms with E-state index in [1.165, 1.54) is 0 Å². The van der Waals surface area contributed by atoms with Gasteiger partial charge in [0.2, 0.25) is 0 Å². The fourth-order valence-electron chi connectivity index (χ4n) is 2.82. The van der Waals surface area contributed by atoms with E-state index in [1.54, 1.807) is 6.08 Å². The van der Waals surface area contributed by atoms with E-state index >= 15 is 0 Å². The molecule has 2 aromatic rings. The molecule has 2 atom stereocenters. The molecule has 2 unspecified atom stereocenters. The van der Waals surface area contributed by atoms with Gasteiger partial charge >= 0.3 is 5.97 Å². The fraction of sp³-hybridized carbons (Fsp3) is 0.188. The zero-order chi connectivity index (χ0) is 15.1. The van der Waals surface area contributed by atoms with Crippen LogP contribution in [-0.4, -0.2) is 22.1 Å². The molecule has 0 spiro atoms. The van der Waals surface area contributed by atoms with Gasteiger partial charge in [0.25, 0.3) is 0 Å². The minimum Gasteiger partial charge on any atom is -0.480 e. The maximum Gasteiger partial charge on any atom is 0.321 e. The number of aromatic amines is 1. The van der Waals surface area contributed by atoms with Crippen LogP contribution in [0.25, 0.3) is 10.9 Å². The average molecular weight is 347 g/mol. The van der Waals surface area contributed by atoms with Gasteiger partial charge in [0.15, 0.2) is 0 Å². The molecule has 0 fully saturated rings. The zero-order valence-corrected chi connectivity index (χ0v) is 12.9. The van der Waals surface area contributed by atoms with Gasteiger partial charge in [0, 0.05) is 27.5 Å². The second-order valence-electron chi connectivity index (χ2n) is 5.18. The second kappa shape index (κ2) is 5.16. The van der Waals surface area contributed by atoms with Crippen LogP contribution in [0.1, 0.15) is 17.3 Å². The Morgan fingerprint density at radius 2 is 2.24 bits per heavy atom. The van der Waals surface area contributed by atoms with Crippen LogP contribution < -0.4 is 5.32 Å². The van der Waals surface area contributed by atoms with Gasteiger partial charge in [-0.25, -0.2) is 0 Å². The third-order valence-corrected chi connectivity index (χ3v) is 4.39. The number of aliphatic carboxylic acids is 1. The number of H-pyrrole nitrogens is 1. The van der Waals surface area contributed by atoms with Gasteiger partial charge in [0.1, 0.15) is 6.04 Å². The molecule has 1 aromatic heterocycles. The third-order valence-electron chi connectivity index (χ3n) is 3.90. The molecular weight excluding hydrogens is 332 g/mol. The highest BCUT2D eigenvalue weighted by atomic mass is 79.9. The molecule has 0 bridgehead atoms. The minimum atomic E-state index is -0.855. The average Bonchev–Trinajstić information content (AvgIpc) is 2.83. The minimum absolute atomic E-state index is 0.251. The molecule has 3 rings (SSSR count). The van der Waals surface area contributed by atoms with E-state index in [2.05, 4.69) is 39.4 Å². The zero-order valence-electron chi connectivity index (χ0n) is 11.3. The summed E-state index contributed by atoms with van der Waals surface area (Å²) in [4.78, 5) is 14.8. The molecule has 0 saturated carbocycles. The summed E-state index contributed by atoms with van der Waals surface area (Å²) in [7, 11) is 0. The standard InChI is InChI=1S/C16H15BrN2O2/c1-3-8(2)14-15-11(7-13(19-14)16(20)21)10-6-9(17)4-5-12(10)18-15/h3-6,13-14,18-19H,1-2,7H2,(H,20,21). The number of aromatic nitrogens is 1. The number of halogens is 1. The van der Waals surface area contributed by atoms with Crippen molar-refractivity contribution in [3.8, 4) is 0 Å². The highest BCUT2D eigenvalue weighted by Crippen LogP contribution is 2.36.